The van der Waals surface area contributed by atoms with E-state index in [1.54, 1.807) is 7.05 Å². The average Bonchev–Trinajstić information content (AvgIpc) is 2.87. The minimum atomic E-state index is -0.357. The van der Waals surface area contributed by atoms with E-state index >= 15 is 0 Å². The summed E-state index contributed by atoms with van der Waals surface area (Å²) >= 11 is 0. The van der Waals surface area contributed by atoms with E-state index in [4.69, 9.17) is 4.42 Å². The van der Waals surface area contributed by atoms with Crippen molar-refractivity contribution in [2.45, 2.75) is 25.8 Å². The first-order chi connectivity index (χ1) is 10.1. The number of hydrogen-bond donors (Lipinski definition) is 2. The van der Waals surface area contributed by atoms with Crippen LogP contribution in [0.2, 0.25) is 0 Å². The smallest absolute Gasteiger partial charge is 0.224 e. The fourth-order valence-corrected chi connectivity index (χ4v) is 2.70. The second kappa shape index (κ2) is 5.33. The van der Waals surface area contributed by atoms with Gasteiger partial charge in [-0.05, 0) is 50.2 Å². The normalized spacial score (nSPS) is 15.5. The topological polar surface area (TPSA) is 54.3 Å². The maximum Gasteiger partial charge on any atom is 0.224 e. The molecule has 1 aromatic heterocycles. The summed E-state index contributed by atoms with van der Waals surface area (Å²) in [6, 6.07) is 6.56. The zero-order valence-corrected chi connectivity index (χ0v) is 12.0. The van der Waals surface area contributed by atoms with Crippen molar-refractivity contribution in [2.75, 3.05) is 12.4 Å². The molecule has 2 N–H and O–H groups in total. The SMILES string of the molecule is CNC(c1ccc(C)o1)c1cc2c(cc1F)NC(=O)CC2. The van der Waals surface area contributed by atoms with Crippen molar-refractivity contribution >= 4 is 11.6 Å². The monoisotopic (exact) mass is 288 g/mol. The molecule has 0 saturated heterocycles. The van der Waals surface area contributed by atoms with Gasteiger partial charge >= 0.3 is 0 Å². The summed E-state index contributed by atoms with van der Waals surface area (Å²) in [7, 11) is 1.77. The summed E-state index contributed by atoms with van der Waals surface area (Å²) in [5.74, 6) is 1.04. The molecule has 2 aromatic rings. The quantitative estimate of drug-likeness (QED) is 0.913. The number of amides is 1. The van der Waals surface area contributed by atoms with E-state index in [0.29, 0.717) is 29.9 Å². The van der Waals surface area contributed by atoms with Crippen molar-refractivity contribution in [3.05, 3.63) is 52.7 Å². The number of fused-ring (bicyclic) bond motifs is 1. The van der Waals surface area contributed by atoms with Crippen molar-refractivity contribution in [3.63, 3.8) is 0 Å². The number of nitrogens with one attached hydrogen (secondary N) is 2. The highest BCUT2D eigenvalue weighted by atomic mass is 19.1. The lowest BCUT2D eigenvalue weighted by atomic mass is 9.95. The molecule has 0 spiro atoms. The van der Waals surface area contributed by atoms with Gasteiger partial charge in [-0.15, -0.1) is 0 Å². The van der Waals surface area contributed by atoms with Crippen LogP contribution >= 0.6 is 0 Å². The van der Waals surface area contributed by atoms with E-state index in [9.17, 15) is 9.18 Å². The van der Waals surface area contributed by atoms with Gasteiger partial charge in [0.25, 0.3) is 0 Å². The molecule has 0 aliphatic carbocycles. The molecule has 1 aliphatic heterocycles. The van der Waals surface area contributed by atoms with Gasteiger partial charge in [0, 0.05) is 17.7 Å². The van der Waals surface area contributed by atoms with Gasteiger partial charge in [0.15, 0.2) is 0 Å². The van der Waals surface area contributed by atoms with Crippen molar-refractivity contribution < 1.29 is 13.6 Å². The van der Waals surface area contributed by atoms with Crippen molar-refractivity contribution in [1.29, 1.82) is 0 Å². The number of aryl methyl sites for hydroxylation is 2. The molecule has 3 rings (SSSR count). The van der Waals surface area contributed by atoms with Gasteiger partial charge < -0.3 is 15.1 Å². The summed E-state index contributed by atoms with van der Waals surface area (Å²) in [5, 5.41) is 5.79. The molecule has 1 aliphatic rings. The maximum absolute atomic E-state index is 14.4. The minimum absolute atomic E-state index is 0.0681. The molecule has 110 valence electrons. The number of hydrogen-bond acceptors (Lipinski definition) is 3. The van der Waals surface area contributed by atoms with Crippen molar-refractivity contribution in [1.82, 2.24) is 5.32 Å². The van der Waals surface area contributed by atoms with E-state index < -0.39 is 0 Å². The Bertz CT molecular complexity index is 694. The van der Waals surface area contributed by atoms with Crippen molar-refractivity contribution in [2.24, 2.45) is 0 Å². The Kier molecular flexibility index (Phi) is 3.51. The zero-order chi connectivity index (χ0) is 15.0. The van der Waals surface area contributed by atoms with Gasteiger partial charge in [-0.1, -0.05) is 0 Å². The predicted molar refractivity (Wildman–Crippen MR) is 77.7 cm³/mol. The first-order valence-corrected chi connectivity index (χ1v) is 6.94. The molecule has 0 fully saturated rings. The van der Waals surface area contributed by atoms with Crippen molar-refractivity contribution in [3.8, 4) is 0 Å². The summed E-state index contributed by atoms with van der Waals surface area (Å²) in [5.41, 5.74) is 2.05. The molecule has 21 heavy (non-hydrogen) atoms. The van der Waals surface area contributed by atoms with Crippen LogP contribution in [0.1, 0.15) is 35.1 Å². The second-order valence-corrected chi connectivity index (χ2v) is 5.25. The van der Waals surface area contributed by atoms with E-state index in [1.165, 1.54) is 6.07 Å². The largest absolute Gasteiger partial charge is 0.464 e. The van der Waals surface area contributed by atoms with Crippen LogP contribution in [0.15, 0.2) is 28.7 Å². The molecule has 1 aromatic carbocycles. The zero-order valence-electron chi connectivity index (χ0n) is 12.0. The molecule has 1 amide bonds. The van der Waals surface area contributed by atoms with E-state index in [1.807, 2.05) is 25.1 Å². The highest BCUT2D eigenvalue weighted by Crippen LogP contribution is 2.32. The fourth-order valence-electron chi connectivity index (χ4n) is 2.70. The average molecular weight is 288 g/mol. The molecule has 5 heteroatoms. The summed E-state index contributed by atoms with van der Waals surface area (Å²) in [6.45, 7) is 1.86. The number of rotatable bonds is 3. The Morgan fingerprint density at radius 1 is 1.33 bits per heavy atom. The third kappa shape index (κ3) is 2.56. The Hall–Kier alpha value is -2.14. The van der Waals surface area contributed by atoms with Gasteiger partial charge in [-0.2, -0.15) is 0 Å². The van der Waals surface area contributed by atoms with E-state index in [0.717, 1.165) is 11.3 Å². The predicted octanol–water partition coefficient (Wildman–Crippen LogP) is 2.92. The van der Waals surface area contributed by atoms with Gasteiger partial charge in [-0.25, -0.2) is 4.39 Å². The summed E-state index contributed by atoms with van der Waals surface area (Å²) < 4.78 is 20.0. The molecular weight excluding hydrogens is 271 g/mol. The second-order valence-electron chi connectivity index (χ2n) is 5.25. The number of anilines is 1. The Morgan fingerprint density at radius 3 is 2.81 bits per heavy atom. The minimum Gasteiger partial charge on any atom is -0.464 e. The third-order valence-corrected chi connectivity index (χ3v) is 3.76. The molecule has 4 nitrogen and oxygen atoms in total. The first-order valence-electron chi connectivity index (χ1n) is 6.94. The Balaban J connectivity index is 2.03. The van der Waals surface area contributed by atoms with E-state index in [-0.39, 0.29) is 17.8 Å². The lowest BCUT2D eigenvalue weighted by molar-refractivity contribution is -0.116. The van der Waals surface area contributed by atoms with Crippen LogP contribution in [0.5, 0.6) is 0 Å². The summed E-state index contributed by atoms with van der Waals surface area (Å²) in [4.78, 5) is 11.4. The molecular formula is C16H17FN2O2. The van der Waals surface area contributed by atoms with Crippen LogP contribution < -0.4 is 10.6 Å². The standard InChI is InChI=1S/C16H17FN2O2/c1-9-3-5-14(21-9)16(18-2)11-7-10-4-6-15(20)19-13(10)8-12(11)17/h3,5,7-8,16,18H,4,6H2,1-2H3,(H,19,20). The Labute approximate surface area is 122 Å². The van der Waals surface area contributed by atoms with Gasteiger partial charge in [-0.3, -0.25) is 4.79 Å². The summed E-state index contributed by atoms with van der Waals surface area (Å²) in [6.07, 6.45) is 1.06. The van der Waals surface area contributed by atoms with Crippen LogP contribution in [0.4, 0.5) is 10.1 Å². The lowest BCUT2D eigenvalue weighted by Crippen LogP contribution is -2.22. The molecule has 1 atom stereocenters. The van der Waals surface area contributed by atoms with E-state index in [2.05, 4.69) is 10.6 Å². The van der Waals surface area contributed by atoms with Crippen LogP contribution in [-0.4, -0.2) is 13.0 Å². The van der Waals surface area contributed by atoms with Gasteiger partial charge in [0.05, 0.1) is 6.04 Å². The highest BCUT2D eigenvalue weighted by Gasteiger charge is 2.23. The van der Waals surface area contributed by atoms with Crippen LogP contribution in [-0.2, 0) is 11.2 Å². The molecule has 0 bridgehead atoms. The number of carbonyl (C=O) groups excluding carboxylic acids is 1. The molecule has 1 unspecified atom stereocenters. The molecule has 2 heterocycles. The molecule has 0 saturated carbocycles. The number of furan rings is 1. The fraction of sp³-hybridized carbons (Fsp3) is 0.312. The van der Waals surface area contributed by atoms with Gasteiger partial charge in [0.2, 0.25) is 5.91 Å². The third-order valence-electron chi connectivity index (χ3n) is 3.76. The highest BCUT2D eigenvalue weighted by molar-refractivity contribution is 5.93. The van der Waals surface area contributed by atoms with Crippen LogP contribution in [0.25, 0.3) is 0 Å². The van der Waals surface area contributed by atoms with Crippen LogP contribution in [0.3, 0.4) is 0 Å². The molecule has 0 radical (unpaired) electrons. The number of halogens is 1. The maximum atomic E-state index is 14.4. The first kappa shape index (κ1) is 13.8. The number of benzene rings is 1. The lowest BCUT2D eigenvalue weighted by Gasteiger charge is -2.21. The van der Waals surface area contributed by atoms with Crippen LogP contribution in [0, 0.1) is 12.7 Å². The Morgan fingerprint density at radius 2 is 2.14 bits per heavy atom. The number of carbonyl (C=O) groups is 1. The van der Waals surface area contributed by atoms with Gasteiger partial charge in [0.1, 0.15) is 17.3 Å².